The van der Waals surface area contributed by atoms with Crippen molar-refractivity contribution in [1.82, 2.24) is 29.5 Å². The lowest BCUT2D eigenvalue weighted by molar-refractivity contribution is 0.463. The van der Waals surface area contributed by atoms with E-state index in [1.54, 1.807) is 0 Å². The van der Waals surface area contributed by atoms with Crippen LogP contribution in [0.15, 0.2) is 36.8 Å². The summed E-state index contributed by atoms with van der Waals surface area (Å²) in [7, 11) is 0. The third-order valence-corrected chi connectivity index (χ3v) is 4.04. The van der Waals surface area contributed by atoms with Crippen molar-refractivity contribution >= 4 is 5.65 Å². The van der Waals surface area contributed by atoms with Gasteiger partial charge in [0, 0.05) is 44.0 Å². The fourth-order valence-corrected chi connectivity index (χ4v) is 2.84. The molecule has 0 bridgehead atoms. The van der Waals surface area contributed by atoms with E-state index in [1.807, 2.05) is 30.6 Å². The number of aryl methyl sites for hydroxylation is 2. The van der Waals surface area contributed by atoms with Crippen LogP contribution in [0, 0.1) is 0 Å². The minimum atomic E-state index is 0.421. The number of nitrogens with zero attached hydrogens (tertiary/aromatic N) is 5. The Morgan fingerprint density at radius 2 is 2.09 bits per heavy atom. The van der Waals surface area contributed by atoms with Gasteiger partial charge in [-0.3, -0.25) is 4.40 Å². The molecule has 122 valence electrons. The average Bonchev–Trinajstić information content (AvgIpc) is 3.18. The van der Waals surface area contributed by atoms with Gasteiger partial charge in [-0.1, -0.05) is 13.0 Å². The van der Waals surface area contributed by atoms with Crippen LogP contribution in [-0.2, 0) is 19.4 Å². The summed E-state index contributed by atoms with van der Waals surface area (Å²) in [6, 6.07) is 6.39. The van der Waals surface area contributed by atoms with E-state index < -0.39 is 0 Å². The molecule has 0 saturated heterocycles. The highest BCUT2D eigenvalue weighted by atomic mass is 15.2. The number of imidazole rings is 1. The average molecular weight is 312 g/mol. The zero-order valence-electron chi connectivity index (χ0n) is 13.8. The van der Waals surface area contributed by atoms with Gasteiger partial charge < -0.3 is 9.88 Å². The Morgan fingerprint density at radius 1 is 1.17 bits per heavy atom. The highest BCUT2D eigenvalue weighted by Gasteiger charge is 2.07. The minimum absolute atomic E-state index is 0.421. The smallest absolute Gasteiger partial charge is 0.160 e. The molecule has 23 heavy (non-hydrogen) atoms. The molecule has 3 aromatic heterocycles. The molecule has 1 unspecified atom stereocenters. The van der Waals surface area contributed by atoms with Crippen LogP contribution < -0.4 is 5.32 Å². The Morgan fingerprint density at radius 3 is 2.96 bits per heavy atom. The van der Waals surface area contributed by atoms with Crippen molar-refractivity contribution < 1.29 is 0 Å². The van der Waals surface area contributed by atoms with E-state index in [-0.39, 0.29) is 0 Å². The van der Waals surface area contributed by atoms with Crippen molar-refractivity contribution in [2.24, 2.45) is 0 Å². The second-order valence-electron chi connectivity index (χ2n) is 5.85. The van der Waals surface area contributed by atoms with Crippen molar-refractivity contribution in [3.63, 3.8) is 0 Å². The van der Waals surface area contributed by atoms with Crippen LogP contribution in [0.1, 0.15) is 31.9 Å². The SMILES string of the molecule is CCc1nccn1CC(C)NCCCc1nnc2ccccn12. The summed E-state index contributed by atoms with van der Waals surface area (Å²) in [6.45, 7) is 6.28. The molecular formula is C17H24N6. The zero-order chi connectivity index (χ0) is 16.1. The lowest BCUT2D eigenvalue weighted by atomic mass is 10.2. The summed E-state index contributed by atoms with van der Waals surface area (Å²) in [5.41, 5.74) is 0.913. The summed E-state index contributed by atoms with van der Waals surface area (Å²) < 4.78 is 4.28. The van der Waals surface area contributed by atoms with Gasteiger partial charge in [0.25, 0.3) is 0 Å². The van der Waals surface area contributed by atoms with E-state index >= 15 is 0 Å². The van der Waals surface area contributed by atoms with Gasteiger partial charge >= 0.3 is 0 Å². The highest BCUT2D eigenvalue weighted by molar-refractivity contribution is 5.36. The molecule has 0 amide bonds. The third kappa shape index (κ3) is 3.76. The molecule has 3 heterocycles. The Hall–Kier alpha value is -2.21. The molecule has 0 fully saturated rings. The Bertz CT molecular complexity index is 744. The molecule has 6 nitrogen and oxygen atoms in total. The number of aromatic nitrogens is 5. The molecule has 0 aliphatic heterocycles. The standard InChI is InChI=1S/C17H24N6/c1-3-15-19-10-12-22(15)13-14(2)18-9-6-8-17-21-20-16-7-4-5-11-23(16)17/h4-5,7,10-12,14,18H,3,6,8-9,13H2,1-2H3. The topological polar surface area (TPSA) is 60.0 Å². The Kier molecular flexibility index (Phi) is 5.02. The molecule has 6 heteroatoms. The van der Waals surface area contributed by atoms with Gasteiger partial charge in [0.15, 0.2) is 5.65 Å². The quantitative estimate of drug-likeness (QED) is 0.647. The fourth-order valence-electron chi connectivity index (χ4n) is 2.84. The van der Waals surface area contributed by atoms with Crippen LogP contribution in [0.2, 0.25) is 0 Å². The molecule has 0 spiro atoms. The Balaban J connectivity index is 1.44. The van der Waals surface area contributed by atoms with E-state index in [4.69, 9.17) is 0 Å². The molecule has 1 N–H and O–H groups in total. The molecule has 0 aliphatic carbocycles. The van der Waals surface area contributed by atoms with E-state index in [1.165, 1.54) is 0 Å². The van der Waals surface area contributed by atoms with Crippen molar-refractivity contribution in [1.29, 1.82) is 0 Å². The molecule has 0 aliphatic rings. The monoisotopic (exact) mass is 312 g/mol. The highest BCUT2D eigenvalue weighted by Crippen LogP contribution is 2.05. The molecule has 1 atom stereocenters. The predicted octanol–water partition coefficient (Wildman–Crippen LogP) is 2.10. The number of hydrogen-bond acceptors (Lipinski definition) is 4. The van der Waals surface area contributed by atoms with Gasteiger partial charge in [0.2, 0.25) is 0 Å². The van der Waals surface area contributed by atoms with Gasteiger partial charge in [0.05, 0.1) is 0 Å². The number of rotatable bonds is 8. The molecule has 3 aromatic rings. The van der Waals surface area contributed by atoms with E-state index in [0.717, 1.165) is 49.6 Å². The van der Waals surface area contributed by atoms with Crippen LogP contribution in [0.5, 0.6) is 0 Å². The first-order valence-corrected chi connectivity index (χ1v) is 8.30. The van der Waals surface area contributed by atoms with Crippen LogP contribution in [0.4, 0.5) is 0 Å². The normalized spacial score (nSPS) is 12.8. The predicted molar refractivity (Wildman–Crippen MR) is 90.4 cm³/mol. The maximum atomic E-state index is 4.36. The lowest BCUT2D eigenvalue weighted by Crippen LogP contribution is -2.31. The van der Waals surface area contributed by atoms with Crippen LogP contribution >= 0.6 is 0 Å². The summed E-state index contributed by atoms with van der Waals surface area (Å²) in [6.07, 6.45) is 8.90. The van der Waals surface area contributed by atoms with Gasteiger partial charge in [-0.25, -0.2) is 4.98 Å². The van der Waals surface area contributed by atoms with Crippen LogP contribution in [-0.4, -0.2) is 36.7 Å². The first kappa shape index (κ1) is 15.7. The molecule has 0 aromatic carbocycles. The van der Waals surface area contributed by atoms with Gasteiger partial charge in [0.1, 0.15) is 11.6 Å². The molecule has 3 rings (SSSR count). The number of pyridine rings is 1. The summed E-state index contributed by atoms with van der Waals surface area (Å²) in [5.74, 6) is 2.17. The number of nitrogens with one attached hydrogen (secondary N) is 1. The summed E-state index contributed by atoms with van der Waals surface area (Å²) in [5, 5.41) is 12.0. The lowest BCUT2D eigenvalue weighted by Gasteiger charge is -2.15. The first-order chi connectivity index (χ1) is 11.3. The summed E-state index contributed by atoms with van der Waals surface area (Å²) >= 11 is 0. The van der Waals surface area contributed by atoms with Crippen molar-refractivity contribution in [3.05, 3.63) is 48.4 Å². The van der Waals surface area contributed by atoms with E-state index in [9.17, 15) is 0 Å². The summed E-state index contributed by atoms with van der Waals surface area (Å²) in [4.78, 5) is 4.36. The fraction of sp³-hybridized carbons (Fsp3) is 0.471. The largest absolute Gasteiger partial charge is 0.333 e. The second-order valence-corrected chi connectivity index (χ2v) is 5.85. The van der Waals surface area contributed by atoms with Crippen molar-refractivity contribution in [2.45, 2.75) is 45.7 Å². The second kappa shape index (κ2) is 7.37. The first-order valence-electron chi connectivity index (χ1n) is 8.30. The van der Waals surface area contributed by atoms with Crippen molar-refractivity contribution in [2.75, 3.05) is 6.54 Å². The van der Waals surface area contributed by atoms with Gasteiger partial charge in [-0.2, -0.15) is 0 Å². The zero-order valence-corrected chi connectivity index (χ0v) is 13.8. The Labute approximate surface area is 136 Å². The molecule has 0 saturated carbocycles. The minimum Gasteiger partial charge on any atom is -0.333 e. The van der Waals surface area contributed by atoms with Gasteiger partial charge in [-0.05, 0) is 32.0 Å². The third-order valence-electron chi connectivity index (χ3n) is 4.04. The maximum absolute atomic E-state index is 4.36. The molecule has 0 radical (unpaired) electrons. The van der Waals surface area contributed by atoms with Crippen LogP contribution in [0.25, 0.3) is 5.65 Å². The van der Waals surface area contributed by atoms with Gasteiger partial charge in [-0.15, -0.1) is 10.2 Å². The number of hydrogen-bond donors (Lipinski definition) is 1. The van der Waals surface area contributed by atoms with Crippen molar-refractivity contribution in [3.8, 4) is 0 Å². The van der Waals surface area contributed by atoms with Crippen LogP contribution in [0.3, 0.4) is 0 Å². The van der Waals surface area contributed by atoms with E-state index in [2.05, 4.69) is 49.5 Å². The van der Waals surface area contributed by atoms with E-state index in [0.29, 0.717) is 6.04 Å². The maximum Gasteiger partial charge on any atom is 0.160 e. The molecular weight excluding hydrogens is 288 g/mol. The number of fused-ring (bicyclic) bond motifs is 1.